The highest BCUT2D eigenvalue weighted by Gasteiger charge is 2.32. The molecule has 0 radical (unpaired) electrons. The second-order valence-corrected chi connectivity index (χ2v) is 5.78. The quantitative estimate of drug-likeness (QED) is 0.856. The third-order valence-corrected chi connectivity index (χ3v) is 4.26. The van der Waals surface area contributed by atoms with Crippen LogP contribution >= 0.6 is 15.9 Å². The number of nitrogens with zero attached hydrogens (tertiary/aromatic N) is 2. The highest BCUT2D eigenvalue weighted by atomic mass is 79.9. The molecule has 96 valence electrons. The molecule has 0 aliphatic carbocycles. The molecular formula is C13H16BrN3O. The third kappa shape index (κ3) is 1.91. The van der Waals surface area contributed by atoms with E-state index in [1.807, 2.05) is 19.2 Å². The maximum Gasteiger partial charge on any atom is 0.246 e. The van der Waals surface area contributed by atoms with Gasteiger partial charge in [-0.25, -0.2) is 0 Å². The predicted octanol–water partition coefficient (Wildman–Crippen LogP) is 1.59. The summed E-state index contributed by atoms with van der Waals surface area (Å²) in [5, 5.41) is 3.36. The summed E-state index contributed by atoms with van der Waals surface area (Å²) in [4.78, 5) is 16.1. The zero-order chi connectivity index (χ0) is 12.7. The Labute approximate surface area is 115 Å². The fourth-order valence-electron chi connectivity index (χ4n) is 2.71. The third-order valence-electron chi connectivity index (χ3n) is 3.76. The number of amides is 1. The summed E-state index contributed by atoms with van der Waals surface area (Å²) in [6.45, 7) is 2.48. The summed E-state index contributed by atoms with van der Waals surface area (Å²) in [7, 11) is 1.85. The SMILES string of the molecule is CN1C(=O)CN(C2CCNC2)c2cc(Br)ccc21. The van der Waals surface area contributed by atoms with Gasteiger partial charge in [-0.1, -0.05) is 15.9 Å². The predicted molar refractivity (Wildman–Crippen MR) is 76.2 cm³/mol. The van der Waals surface area contributed by atoms with Crippen molar-refractivity contribution >= 4 is 33.2 Å². The first kappa shape index (κ1) is 12.0. The van der Waals surface area contributed by atoms with E-state index >= 15 is 0 Å². The van der Waals surface area contributed by atoms with E-state index in [0.29, 0.717) is 12.6 Å². The molecule has 4 nitrogen and oxygen atoms in total. The number of halogens is 1. The molecule has 0 aromatic heterocycles. The number of carbonyl (C=O) groups is 1. The Bertz CT molecular complexity index is 485. The van der Waals surface area contributed by atoms with Crippen LogP contribution in [0.1, 0.15) is 6.42 Å². The van der Waals surface area contributed by atoms with Gasteiger partial charge < -0.3 is 15.1 Å². The molecule has 1 unspecified atom stereocenters. The van der Waals surface area contributed by atoms with Crippen molar-refractivity contribution in [1.29, 1.82) is 0 Å². The van der Waals surface area contributed by atoms with Gasteiger partial charge in [0, 0.05) is 24.1 Å². The van der Waals surface area contributed by atoms with Crippen molar-refractivity contribution in [2.24, 2.45) is 0 Å². The number of likely N-dealkylation sites (N-methyl/N-ethyl adjacent to an activating group) is 1. The van der Waals surface area contributed by atoms with E-state index in [2.05, 4.69) is 32.2 Å². The van der Waals surface area contributed by atoms with Crippen LogP contribution in [0, 0.1) is 0 Å². The molecule has 0 bridgehead atoms. The van der Waals surface area contributed by atoms with Crippen LogP contribution in [-0.4, -0.2) is 38.6 Å². The van der Waals surface area contributed by atoms with Crippen molar-refractivity contribution in [3.63, 3.8) is 0 Å². The molecule has 1 saturated heterocycles. The molecule has 3 rings (SSSR count). The lowest BCUT2D eigenvalue weighted by molar-refractivity contribution is -0.117. The second-order valence-electron chi connectivity index (χ2n) is 4.86. The molecule has 1 atom stereocenters. The number of anilines is 2. The smallest absolute Gasteiger partial charge is 0.246 e. The minimum Gasteiger partial charge on any atom is -0.356 e. The molecule has 1 aromatic rings. The zero-order valence-corrected chi connectivity index (χ0v) is 11.9. The molecule has 1 N–H and O–H groups in total. The summed E-state index contributed by atoms with van der Waals surface area (Å²) in [5.41, 5.74) is 2.15. The Hall–Kier alpha value is -1.07. The van der Waals surface area contributed by atoms with Gasteiger partial charge in [-0.2, -0.15) is 0 Å². The molecule has 1 aromatic carbocycles. The van der Waals surface area contributed by atoms with Crippen molar-refractivity contribution in [2.75, 3.05) is 36.5 Å². The normalized spacial score (nSPS) is 23.4. The lowest BCUT2D eigenvalue weighted by Gasteiger charge is -2.39. The summed E-state index contributed by atoms with van der Waals surface area (Å²) < 4.78 is 1.06. The topological polar surface area (TPSA) is 35.6 Å². The highest BCUT2D eigenvalue weighted by Crippen LogP contribution is 2.36. The molecule has 1 amide bonds. The number of carbonyl (C=O) groups excluding carboxylic acids is 1. The summed E-state index contributed by atoms with van der Waals surface area (Å²) in [5.74, 6) is 0.164. The lowest BCUT2D eigenvalue weighted by Crippen LogP contribution is -2.49. The largest absolute Gasteiger partial charge is 0.356 e. The first-order valence-electron chi connectivity index (χ1n) is 6.20. The van der Waals surface area contributed by atoms with E-state index in [0.717, 1.165) is 35.4 Å². The maximum atomic E-state index is 12.1. The van der Waals surface area contributed by atoms with E-state index in [1.165, 1.54) is 0 Å². The van der Waals surface area contributed by atoms with Gasteiger partial charge in [-0.15, -0.1) is 0 Å². The minimum atomic E-state index is 0.164. The van der Waals surface area contributed by atoms with Gasteiger partial charge in [0.1, 0.15) is 0 Å². The van der Waals surface area contributed by atoms with E-state index < -0.39 is 0 Å². The summed E-state index contributed by atoms with van der Waals surface area (Å²) in [6, 6.07) is 6.53. The summed E-state index contributed by atoms with van der Waals surface area (Å²) in [6.07, 6.45) is 1.10. The van der Waals surface area contributed by atoms with Gasteiger partial charge in [0.2, 0.25) is 5.91 Å². The standard InChI is InChI=1S/C13H16BrN3O/c1-16-11-3-2-9(14)6-12(11)17(8-13(16)18)10-4-5-15-7-10/h2-3,6,10,15H,4-5,7-8H2,1H3. The number of benzene rings is 1. The average molecular weight is 310 g/mol. The van der Waals surface area contributed by atoms with Crippen molar-refractivity contribution in [1.82, 2.24) is 5.32 Å². The minimum absolute atomic E-state index is 0.164. The van der Waals surface area contributed by atoms with Gasteiger partial charge in [-0.3, -0.25) is 4.79 Å². The monoisotopic (exact) mass is 309 g/mol. The molecule has 2 aliphatic heterocycles. The van der Waals surface area contributed by atoms with Crippen LogP contribution in [0.25, 0.3) is 0 Å². The van der Waals surface area contributed by atoms with E-state index in [-0.39, 0.29) is 5.91 Å². The number of hydrogen-bond donors (Lipinski definition) is 1. The molecule has 1 fully saturated rings. The van der Waals surface area contributed by atoms with Crippen LogP contribution in [0.4, 0.5) is 11.4 Å². The van der Waals surface area contributed by atoms with Crippen LogP contribution in [0.3, 0.4) is 0 Å². The molecule has 2 aliphatic rings. The van der Waals surface area contributed by atoms with E-state index in [9.17, 15) is 4.79 Å². The van der Waals surface area contributed by atoms with Crippen LogP contribution < -0.4 is 15.1 Å². The first-order valence-corrected chi connectivity index (χ1v) is 6.99. The average Bonchev–Trinajstić information content (AvgIpc) is 2.87. The molecule has 0 spiro atoms. The van der Waals surface area contributed by atoms with Crippen LogP contribution in [0.5, 0.6) is 0 Å². The molecule has 0 saturated carbocycles. The highest BCUT2D eigenvalue weighted by molar-refractivity contribution is 9.10. The molecule has 18 heavy (non-hydrogen) atoms. The Morgan fingerprint density at radius 3 is 2.94 bits per heavy atom. The second kappa shape index (κ2) is 4.55. The lowest BCUT2D eigenvalue weighted by atomic mass is 10.1. The molecule has 5 heteroatoms. The van der Waals surface area contributed by atoms with Crippen molar-refractivity contribution in [2.45, 2.75) is 12.5 Å². The Balaban J connectivity index is 2.04. The Kier molecular flexibility index (Phi) is 3.03. The zero-order valence-electron chi connectivity index (χ0n) is 10.3. The summed E-state index contributed by atoms with van der Waals surface area (Å²) >= 11 is 3.52. The maximum absolute atomic E-state index is 12.1. The molecular weight excluding hydrogens is 294 g/mol. The number of nitrogens with one attached hydrogen (secondary N) is 1. The van der Waals surface area contributed by atoms with Gasteiger partial charge >= 0.3 is 0 Å². The van der Waals surface area contributed by atoms with Gasteiger partial charge in [-0.05, 0) is 31.2 Å². The Morgan fingerprint density at radius 1 is 1.39 bits per heavy atom. The van der Waals surface area contributed by atoms with E-state index in [1.54, 1.807) is 4.90 Å². The molecule has 2 heterocycles. The van der Waals surface area contributed by atoms with Gasteiger partial charge in [0.05, 0.1) is 17.9 Å². The van der Waals surface area contributed by atoms with Gasteiger partial charge in [0.25, 0.3) is 0 Å². The fraction of sp³-hybridized carbons (Fsp3) is 0.462. The van der Waals surface area contributed by atoms with Crippen LogP contribution in [0.15, 0.2) is 22.7 Å². The van der Waals surface area contributed by atoms with Crippen LogP contribution in [-0.2, 0) is 4.79 Å². The number of hydrogen-bond acceptors (Lipinski definition) is 3. The van der Waals surface area contributed by atoms with Crippen LogP contribution in [0.2, 0.25) is 0 Å². The Morgan fingerprint density at radius 2 is 2.22 bits per heavy atom. The van der Waals surface area contributed by atoms with Gasteiger partial charge in [0.15, 0.2) is 0 Å². The van der Waals surface area contributed by atoms with Crippen molar-refractivity contribution < 1.29 is 4.79 Å². The number of rotatable bonds is 1. The first-order chi connectivity index (χ1) is 8.66. The van der Waals surface area contributed by atoms with Crippen molar-refractivity contribution in [3.05, 3.63) is 22.7 Å². The van der Waals surface area contributed by atoms with E-state index in [4.69, 9.17) is 0 Å². The number of fused-ring (bicyclic) bond motifs is 1. The van der Waals surface area contributed by atoms with Crippen molar-refractivity contribution in [3.8, 4) is 0 Å². The fourth-order valence-corrected chi connectivity index (χ4v) is 3.06.